The molecular formula is C13H14F2N2OS. The second kappa shape index (κ2) is 6.10. The molecule has 3 N–H and O–H groups in total. The quantitative estimate of drug-likeness (QED) is 0.655. The van der Waals surface area contributed by atoms with E-state index in [0.29, 0.717) is 12.0 Å². The van der Waals surface area contributed by atoms with Gasteiger partial charge in [0.2, 0.25) is 0 Å². The topological polar surface area (TPSA) is 47.3 Å². The lowest BCUT2D eigenvalue weighted by Crippen LogP contribution is -2.29. The maximum Gasteiger partial charge on any atom is 0.129 e. The van der Waals surface area contributed by atoms with Crippen molar-refractivity contribution in [3.63, 3.8) is 0 Å². The highest BCUT2D eigenvalue weighted by Gasteiger charge is 2.16. The van der Waals surface area contributed by atoms with Gasteiger partial charge in [-0.1, -0.05) is 6.07 Å². The molecule has 102 valence electrons. The van der Waals surface area contributed by atoms with Gasteiger partial charge < -0.3 is 4.74 Å². The van der Waals surface area contributed by atoms with Crippen LogP contribution in [0, 0.1) is 11.6 Å². The average molecular weight is 284 g/mol. The molecule has 0 amide bonds. The van der Waals surface area contributed by atoms with E-state index in [1.807, 2.05) is 11.4 Å². The summed E-state index contributed by atoms with van der Waals surface area (Å²) in [5, 5.41) is 1.85. The standard InChI is InChI=1S/C13H14F2N2OS/c1-18-10-6-13(19-7-10)12(17-16)4-8-2-3-9(14)5-11(8)15/h2-3,5-7,12,17H,4,16H2,1H3. The van der Waals surface area contributed by atoms with Gasteiger partial charge in [-0.05, 0) is 24.1 Å². The number of hydrazine groups is 1. The van der Waals surface area contributed by atoms with E-state index in [1.54, 1.807) is 7.11 Å². The molecule has 1 aromatic heterocycles. The summed E-state index contributed by atoms with van der Waals surface area (Å²) in [6, 6.07) is 5.14. The second-order valence-corrected chi connectivity index (χ2v) is 4.99. The third-order valence-corrected chi connectivity index (χ3v) is 3.84. The Morgan fingerprint density at radius 2 is 2.16 bits per heavy atom. The fourth-order valence-corrected chi connectivity index (χ4v) is 2.69. The van der Waals surface area contributed by atoms with E-state index in [4.69, 9.17) is 10.6 Å². The molecule has 2 aromatic rings. The third-order valence-electron chi connectivity index (χ3n) is 2.82. The molecule has 0 saturated carbocycles. The van der Waals surface area contributed by atoms with Crippen molar-refractivity contribution in [1.82, 2.24) is 5.43 Å². The zero-order chi connectivity index (χ0) is 13.8. The van der Waals surface area contributed by atoms with E-state index >= 15 is 0 Å². The third kappa shape index (κ3) is 3.28. The van der Waals surface area contributed by atoms with Crippen LogP contribution in [-0.2, 0) is 6.42 Å². The van der Waals surface area contributed by atoms with Crippen LogP contribution < -0.4 is 16.0 Å². The second-order valence-electron chi connectivity index (χ2n) is 4.05. The highest BCUT2D eigenvalue weighted by Crippen LogP contribution is 2.29. The van der Waals surface area contributed by atoms with Gasteiger partial charge >= 0.3 is 0 Å². The minimum Gasteiger partial charge on any atom is -0.496 e. The smallest absolute Gasteiger partial charge is 0.129 e. The van der Waals surface area contributed by atoms with Gasteiger partial charge in [-0.2, -0.15) is 0 Å². The van der Waals surface area contributed by atoms with Gasteiger partial charge in [0, 0.05) is 16.3 Å². The summed E-state index contributed by atoms with van der Waals surface area (Å²) in [6.45, 7) is 0. The van der Waals surface area contributed by atoms with Gasteiger partial charge in [-0.25, -0.2) is 8.78 Å². The number of nitrogens with one attached hydrogen (secondary N) is 1. The van der Waals surface area contributed by atoms with Crippen molar-refractivity contribution in [3.8, 4) is 5.75 Å². The first-order valence-electron chi connectivity index (χ1n) is 5.66. The number of methoxy groups -OCH3 is 1. The number of ether oxygens (including phenoxy) is 1. The van der Waals surface area contributed by atoms with Crippen LogP contribution in [0.15, 0.2) is 29.6 Å². The molecule has 1 aromatic carbocycles. The van der Waals surface area contributed by atoms with Gasteiger partial charge in [0.25, 0.3) is 0 Å². The van der Waals surface area contributed by atoms with E-state index in [-0.39, 0.29) is 6.04 Å². The summed E-state index contributed by atoms with van der Waals surface area (Å²) in [7, 11) is 1.58. The van der Waals surface area contributed by atoms with Crippen molar-refractivity contribution in [1.29, 1.82) is 0 Å². The lowest BCUT2D eigenvalue weighted by atomic mass is 10.0. The van der Waals surface area contributed by atoms with Crippen LogP contribution in [0.25, 0.3) is 0 Å². The SMILES string of the molecule is COc1csc(C(Cc2ccc(F)cc2F)NN)c1. The van der Waals surface area contributed by atoms with Crippen LogP contribution in [-0.4, -0.2) is 7.11 Å². The summed E-state index contributed by atoms with van der Waals surface area (Å²) in [5.74, 6) is 5.09. The van der Waals surface area contributed by atoms with Crippen molar-refractivity contribution in [3.05, 3.63) is 51.7 Å². The van der Waals surface area contributed by atoms with Crippen LogP contribution in [0.3, 0.4) is 0 Å². The van der Waals surface area contributed by atoms with Crippen molar-refractivity contribution >= 4 is 11.3 Å². The van der Waals surface area contributed by atoms with Gasteiger partial charge in [0.05, 0.1) is 13.2 Å². The zero-order valence-corrected chi connectivity index (χ0v) is 11.1. The first-order chi connectivity index (χ1) is 9.13. The molecule has 0 radical (unpaired) electrons. The summed E-state index contributed by atoms with van der Waals surface area (Å²) < 4.78 is 31.5. The highest BCUT2D eigenvalue weighted by molar-refractivity contribution is 7.10. The predicted molar refractivity (Wildman–Crippen MR) is 71.0 cm³/mol. The number of hydrogen-bond acceptors (Lipinski definition) is 4. The minimum atomic E-state index is -0.587. The number of thiophene rings is 1. The van der Waals surface area contributed by atoms with Crippen LogP contribution in [0.1, 0.15) is 16.5 Å². The lowest BCUT2D eigenvalue weighted by molar-refractivity contribution is 0.415. The van der Waals surface area contributed by atoms with Crippen LogP contribution in [0.4, 0.5) is 8.78 Å². The minimum absolute atomic E-state index is 0.242. The number of halogens is 2. The van der Waals surface area contributed by atoms with Gasteiger partial charge in [-0.3, -0.25) is 11.3 Å². The van der Waals surface area contributed by atoms with Crippen molar-refractivity contribution in [2.45, 2.75) is 12.5 Å². The van der Waals surface area contributed by atoms with E-state index in [2.05, 4.69) is 5.43 Å². The molecule has 0 aliphatic heterocycles. The number of hydrogen-bond donors (Lipinski definition) is 2. The molecule has 0 saturated heterocycles. The monoisotopic (exact) mass is 284 g/mol. The summed E-state index contributed by atoms with van der Waals surface area (Å²) >= 11 is 1.47. The Balaban J connectivity index is 2.18. The van der Waals surface area contributed by atoms with Gasteiger partial charge in [0.15, 0.2) is 0 Å². The molecule has 0 bridgehead atoms. The zero-order valence-electron chi connectivity index (χ0n) is 10.3. The Kier molecular flexibility index (Phi) is 4.47. The molecule has 0 aliphatic carbocycles. The summed E-state index contributed by atoms with van der Waals surface area (Å²) in [5.41, 5.74) is 3.05. The molecule has 19 heavy (non-hydrogen) atoms. The molecule has 2 rings (SSSR count). The van der Waals surface area contributed by atoms with Crippen LogP contribution in [0.5, 0.6) is 5.75 Å². The number of nitrogens with two attached hydrogens (primary N) is 1. The van der Waals surface area contributed by atoms with Crippen LogP contribution in [0.2, 0.25) is 0 Å². The Hall–Kier alpha value is -1.50. The molecule has 0 spiro atoms. The fraction of sp³-hybridized carbons (Fsp3) is 0.231. The summed E-state index contributed by atoms with van der Waals surface area (Å²) in [4.78, 5) is 0.933. The van der Waals surface area contributed by atoms with Crippen molar-refractivity contribution in [2.24, 2.45) is 5.84 Å². The van der Waals surface area contributed by atoms with Crippen LogP contribution >= 0.6 is 11.3 Å². The Bertz CT molecular complexity index is 559. The van der Waals surface area contributed by atoms with Crippen molar-refractivity contribution < 1.29 is 13.5 Å². The van der Waals surface area contributed by atoms with Crippen molar-refractivity contribution in [2.75, 3.05) is 7.11 Å². The molecular weight excluding hydrogens is 270 g/mol. The average Bonchev–Trinajstić information content (AvgIpc) is 2.86. The molecule has 1 atom stereocenters. The van der Waals surface area contributed by atoms with E-state index < -0.39 is 11.6 Å². The van der Waals surface area contributed by atoms with E-state index in [0.717, 1.165) is 16.7 Å². The van der Waals surface area contributed by atoms with E-state index in [1.165, 1.54) is 23.5 Å². The Morgan fingerprint density at radius 1 is 1.37 bits per heavy atom. The molecule has 0 fully saturated rings. The maximum absolute atomic E-state index is 13.6. The number of benzene rings is 1. The molecule has 0 aliphatic rings. The largest absolute Gasteiger partial charge is 0.496 e. The molecule has 3 nitrogen and oxygen atoms in total. The first-order valence-corrected chi connectivity index (χ1v) is 6.54. The first kappa shape index (κ1) is 13.9. The molecule has 1 unspecified atom stereocenters. The molecule has 1 heterocycles. The van der Waals surface area contributed by atoms with E-state index in [9.17, 15) is 8.78 Å². The molecule has 6 heteroatoms. The predicted octanol–water partition coefficient (Wildman–Crippen LogP) is 2.78. The highest BCUT2D eigenvalue weighted by atomic mass is 32.1. The Labute approximate surface area is 114 Å². The fourth-order valence-electron chi connectivity index (χ4n) is 1.77. The maximum atomic E-state index is 13.6. The lowest BCUT2D eigenvalue weighted by Gasteiger charge is -2.14. The summed E-state index contributed by atoms with van der Waals surface area (Å²) in [6.07, 6.45) is 0.340. The van der Waals surface area contributed by atoms with Gasteiger partial charge in [0.1, 0.15) is 17.4 Å². The normalized spacial score (nSPS) is 12.4. The number of rotatable bonds is 5. The Morgan fingerprint density at radius 3 is 2.74 bits per heavy atom. The van der Waals surface area contributed by atoms with Gasteiger partial charge in [-0.15, -0.1) is 11.3 Å².